The molecule has 1 aromatic rings. The first-order valence-electron chi connectivity index (χ1n) is 10.4. The monoisotopic (exact) mass is 390 g/mol. The van der Waals surface area contributed by atoms with E-state index >= 15 is 0 Å². The summed E-state index contributed by atoms with van der Waals surface area (Å²) in [6.07, 6.45) is 0.901. The Morgan fingerprint density at radius 3 is 2.68 bits per heavy atom. The van der Waals surface area contributed by atoms with E-state index in [4.69, 9.17) is 19.2 Å². The van der Waals surface area contributed by atoms with Crippen LogP contribution < -0.4 is 20.1 Å². The van der Waals surface area contributed by atoms with Gasteiger partial charge >= 0.3 is 0 Å². The molecule has 2 aliphatic rings. The van der Waals surface area contributed by atoms with Crippen molar-refractivity contribution >= 4 is 5.96 Å². The minimum Gasteiger partial charge on any atom is -0.454 e. The Kier molecular flexibility index (Phi) is 7.80. The molecule has 0 bridgehead atoms. The second-order valence-electron chi connectivity index (χ2n) is 7.54. The third kappa shape index (κ3) is 5.75. The van der Waals surface area contributed by atoms with Gasteiger partial charge in [0.1, 0.15) is 0 Å². The number of hydrogen-bond donors (Lipinski definition) is 2. The Morgan fingerprint density at radius 2 is 1.93 bits per heavy atom. The number of rotatable bonds is 8. The topological polar surface area (TPSA) is 67.4 Å². The molecule has 28 heavy (non-hydrogen) atoms. The van der Waals surface area contributed by atoms with Crippen molar-refractivity contribution in [2.45, 2.75) is 33.2 Å². The number of nitrogens with one attached hydrogen (secondary N) is 2. The van der Waals surface area contributed by atoms with Crippen LogP contribution in [-0.2, 0) is 11.2 Å². The number of hydrogen-bond acceptors (Lipinski definition) is 5. The lowest BCUT2D eigenvalue weighted by Gasteiger charge is -2.36. The Morgan fingerprint density at radius 1 is 1.14 bits per heavy atom. The Balaban J connectivity index is 1.52. The number of guanidine groups is 1. The maximum Gasteiger partial charge on any atom is 0.231 e. The van der Waals surface area contributed by atoms with E-state index in [-0.39, 0.29) is 0 Å². The van der Waals surface area contributed by atoms with Crippen LogP contribution >= 0.6 is 0 Å². The molecule has 1 saturated heterocycles. The normalized spacial score (nSPS) is 18.4. The predicted molar refractivity (Wildman–Crippen MR) is 111 cm³/mol. The summed E-state index contributed by atoms with van der Waals surface area (Å²) in [6, 6.07) is 6.56. The molecule has 2 heterocycles. The molecular formula is C21H34N4O3. The maximum absolute atomic E-state index is 5.50. The van der Waals surface area contributed by atoms with Crippen LogP contribution in [-0.4, -0.2) is 69.6 Å². The van der Waals surface area contributed by atoms with E-state index in [9.17, 15) is 0 Å². The number of nitrogens with zero attached hydrogens (tertiary/aromatic N) is 2. The van der Waals surface area contributed by atoms with Gasteiger partial charge in [-0.3, -0.25) is 9.89 Å². The van der Waals surface area contributed by atoms with E-state index in [1.165, 1.54) is 5.56 Å². The largest absolute Gasteiger partial charge is 0.454 e. The lowest BCUT2D eigenvalue weighted by Crippen LogP contribution is -2.48. The van der Waals surface area contributed by atoms with Gasteiger partial charge in [0.15, 0.2) is 17.5 Å². The van der Waals surface area contributed by atoms with Crippen molar-refractivity contribution in [1.82, 2.24) is 15.5 Å². The smallest absolute Gasteiger partial charge is 0.231 e. The van der Waals surface area contributed by atoms with Crippen molar-refractivity contribution in [2.75, 3.05) is 52.7 Å². The first-order chi connectivity index (χ1) is 13.7. The zero-order chi connectivity index (χ0) is 19.8. The molecule has 1 fully saturated rings. The molecule has 0 amide bonds. The molecule has 1 atom stereocenters. The van der Waals surface area contributed by atoms with Crippen molar-refractivity contribution in [3.63, 3.8) is 0 Å². The van der Waals surface area contributed by atoms with Gasteiger partial charge in [-0.1, -0.05) is 19.9 Å². The molecule has 0 aliphatic carbocycles. The average Bonchev–Trinajstić information content (AvgIpc) is 3.16. The first-order valence-corrected chi connectivity index (χ1v) is 10.4. The third-order valence-electron chi connectivity index (χ3n) is 5.21. The predicted octanol–water partition coefficient (Wildman–Crippen LogP) is 1.87. The third-order valence-corrected chi connectivity index (χ3v) is 5.21. The maximum atomic E-state index is 5.50. The minimum absolute atomic E-state index is 0.314. The lowest BCUT2D eigenvalue weighted by atomic mass is 10.0. The second-order valence-corrected chi connectivity index (χ2v) is 7.54. The summed E-state index contributed by atoms with van der Waals surface area (Å²) in [5, 5.41) is 6.82. The molecule has 0 spiro atoms. The number of ether oxygens (including phenoxy) is 3. The van der Waals surface area contributed by atoms with Gasteiger partial charge in [-0.05, 0) is 37.0 Å². The van der Waals surface area contributed by atoms with Gasteiger partial charge in [-0.25, -0.2) is 0 Å². The second kappa shape index (κ2) is 10.5. The molecule has 2 aliphatic heterocycles. The first kappa shape index (κ1) is 20.7. The van der Waals surface area contributed by atoms with Crippen LogP contribution in [0.2, 0.25) is 0 Å². The molecule has 3 rings (SSSR count). The Labute approximate surface area is 168 Å². The zero-order valence-corrected chi connectivity index (χ0v) is 17.4. The van der Waals surface area contributed by atoms with Crippen LogP contribution in [0.3, 0.4) is 0 Å². The van der Waals surface area contributed by atoms with E-state index in [0.29, 0.717) is 18.8 Å². The Bertz CT molecular complexity index is 645. The van der Waals surface area contributed by atoms with Crippen molar-refractivity contribution in [1.29, 1.82) is 0 Å². The summed E-state index contributed by atoms with van der Waals surface area (Å²) in [5.41, 5.74) is 1.22. The number of benzene rings is 1. The highest BCUT2D eigenvalue weighted by molar-refractivity contribution is 5.79. The van der Waals surface area contributed by atoms with Crippen LogP contribution in [0.25, 0.3) is 0 Å². The van der Waals surface area contributed by atoms with Crippen LogP contribution in [0, 0.1) is 5.92 Å². The SMILES string of the molecule is CCNC(=NCC(C(C)C)N1CCOCC1)NCCc1ccc2c(c1)OCO2. The summed E-state index contributed by atoms with van der Waals surface area (Å²) in [5.74, 6) is 3.10. The molecular weight excluding hydrogens is 356 g/mol. The summed E-state index contributed by atoms with van der Waals surface area (Å²) >= 11 is 0. The molecule has 2 N–H and O–H groups in total. The van der Waals surface area contributed by atoms with E-state index in [1.54, 1.807) is 0 Å². The highest BCUT2D eigenvalue weighted by Crippen LogP contribution is 2.32. The van der Waals surface area contributed by atoms with Gasteiger partial charge in [0.2, 0.25) is 6.79 Å². The fourth-order valence-electron chi connectivity index (χ4n) is 3.61. The minimum atomic E-state index is 0.314. The van der Waals surface area contributed by atoms with Crippen LogP contribution in [0.4, 0.5) is 0 Å². The highest BCUT2D eigenvalue weighted by Gasteiger charge is 2.23. The van der Waals surface area contributed by atoms with E-state index < -0.39 is 0 Å². The van der Waals surface area contributed by atoms with Crippen LogP contribution in [0.15, 0.2) is 23.2 Å². The van der Waals surface area contributed by atoms with Gasteiger partial charge in [-0.15, -0.1) is 0 Å². The van der Waals surface area contributed by atoms with Crippen molar-refractivity contribution in [3.8, 4) is 11.5 Å². The molecule has 0 radical (unpaired) electrons. The van der Waals surface area contributed by atoms with Crippen molar-refractivity contribution in [2.24, 2.45) is 10.9 Å². The molecule has 0 aromatic heterocycles. The fourth-order valence-corrected chi connectivity index (χ4v) is 3.61. The highest BCUT2D eigenvalue weighted by atomic mass is 16.7. The zero-order valence-electron chi connectivity index (χ0n) is 17.4. The summed E-state index contributed by atoms with van der Waals surface area (Å²) in [4.78, 5) is 7.37. The number of aliphatic imine (C=N–C) groups is 1. The number of fused-ring (bicyclic) bond motifs is 1. The molecule has 156 valence electrons. The average molecular weight is 391 g/mol. The molecule has 0 saturated carbocycles. The fraction of sp³-hybridized carbons (Fsp3) is 0.667. The van der Waals surface area contributed by atoms with Gasteiger partial charge in [0, 0.05) is 32.2 Å². The summed E-state index contributed by atoms with van der Waals surface area (Å²) in [6.45, 7) is 13.0. The summed E-state index contributed by atoms with van der Waals surface area (Å²) < 4.78 is 16.3. The summed E-state index contributed by atoms with van der Waals surface area (Å²) in [7, 11) is 0. The van der Waals surface area contributed by atoms with Gasteiger partial charge in [0.25, 0.3) is 0 Å². The van der Waals surface area contributed by atoms with Crippen LogP contribution in [0.1, 0.15) is 26.3 Å². The van der Waals surface area contributed by atoms with Crippen LogP contribution in [0.5, 0.6) is 11.5 Å². The van der Waals surface area contributed by atoms with Crippen molar-refractivity contribution in [3.05, 3.63) is 23.8 Å². The van der Waals surface area contributed by atoms with Gasteiger partial charge in [-0.2, -0.15) is 0 Å². The van der Waals surface area contributed by atoms with E-state index in [2.05, 4.69) is 48.4 Å². The van der Waals surface area contributed by atoms with E-state index in [1.807, 2.05) is 6.07 Å². The van der Waals surface area contributed by atoms with Crippen molar-refractivity contribution < 1.29 is 14.2 Å². The lowest BCUT2D eigenvalue weighted by molar-refractivity contribution is 0.00867. The van der Waals surface area contributed by atoms with Gasteiger partial charge in [0.05, 0.1) is 19.8 Å². The molecule has 1 unspecified atom stereocenters. The van der Waals surface area contributed by atoms with Gasteiger partial charge < -0.3 is 24.8 Å². The quantitative estimate of drug-likeness (QED) is 0.522. The standard InChI is InChI=1S/C21H34N4O3/c1-4-22-21(24-14-18(16(2)3)25-9-11-26-12-10-25)23-8-7-17-5-6-19-20(13-17)28-15-27-19/h5-6,13,16,18H,4,7-12,14-15H2,1-3H3,(H2,22,23,24). The van der Waals surface area contributed by atoms with E-state index in [0.717, 1.165) is 69.8 Å². The Hall–Kier alpha value is -1.99. The molecule has 1 aromatic carbocycles. The molecule has 7 nitrogen and oxygen atoms in total. The number of morpholine rings is 1. The molecule has 7 heteroatoms.